The zero-order valence-corrected chi connectivity index (χ0v) is 20.5. The zero-order chi connectivity index (χ0) is 25.6. The fourth-order valence-electron chi connectivity index (χ4n) is 3.63. The van der Waals surface area contributed by atoms with E-state index >= 15 is 0 Å². The minimum Gasteiger partial charge on any atom is -0.463 e. The lowest BCUT2D eigenvalue weighted by atomic mass is 9.97. The Labute approximate surface area is 198 Å². The number of carbonyl (C=O) groups is 4. The van der Waals surface area contributed by atoms with Crippen LogP contribution in [0.15, 0.2) is 18.2 Å². The monoisotopic (exact) mass is 480 g/mol. The van der Waals surface area contributed by atoms with Crippen LogP contribution in [-0.4, -0.2) is 61.2 Å². The Morgan fingerprint density at radius 1 is 0.853 bits per heavy atom. The highest BCUT2D eigenvalue weighted by atomic mass is 16.7. The van der Waals surface area contributed by atoms with Gasteiger partial charge in [-0.05, 0) is 30.0 Å². The number of rotatable bonds is 8. The van der Waals surface area contributed by atoms with E-state index in [0.717, 1.165) is 11.1 Å². The van der Waals surface area contributed by atoms with Gasteiger partial charge in [0.25, 0.3) is 0 Å². The summed E-state index contributed by atoms with van der Waals surface area (Å²) in [4.78, 5) is 47.1. The summed E-state index contributed by atoms with van der Waals surface area (Å²) in [7, 11) is 0. The first-order valence-electron chi connectivity index (χ1n) is 11.0. The molecule has 0 aliphatic carbocycles. The molecule has 0 aromatic heterocycles. The molecule has 188 valence electrons. The predicted octanol–water partition coefficient (Wildman–Crippen LogP) is 2.58. The molecule has 34 heavy (non-hydrogen) atoms. The second-order valence-electron chi connectivity index (χ2n) is 8.38. The number of hydrogen-bond donors (Lipinski definition) is 0. The zero-order valence-electron chi connectivity index (χ0n) is 20.5. The molecule has 1 aliphatic heterocycles. The average Bonchev–Trinajstić information content (AvgIpc) is 2.69. The van der Waals surface area contributed by atoms with E-state index in [1.807, 2.05) is 39.0 Å². The highest BCUT2D eigenvalue weighted by Gasteiger charge is 2.53. The van der Waals surface area contributed by atoms with Crippen molar-refractivity contribution in [2.75, 3.05) is 6.61 Å². The van der Waals surface area contributed by atoms with Crippen molar-refractivity contribution >= 4 is 23.9 Å². The maximum Gasteiger partial charge on any atom is 0.303 e. The minimum atomic E-state index is -1.28. The molecule has 1 aromatic carbocycles. The third kappa shape index (κ3) is 7.44. The van der Waals surface area contributed by atoms with Gasteiger partial charge in [-0.2, -0.15) is 0 Å². The van der Waals surface area contributed by atoms with Gasteiger partial charge in [0.05, 0.1) is 0 Å². The van der Waals surface area contributed by atoms with Crippen LogP contribution in [0.5, 0.6) is 5.75 Å². The fraction of sp³-hybridized carbons (Fsp3) is 0.583. The summed E-state index contributed by atoms with van der Waals surface area (Å²) in [5, 5.41) is 0. The molecule has 0 N–H and O–H groups in total. The lowest BCUT2D eigenvalue weighted by Crippen LogP contribution is -2.63. The first kappa shape index (κ1) is 27.1. The SMILES string of the molecule is CC(=O)OC[C@@H]1O[C@@H](Oc2cc(C)ccc2C(C)C)[C@H](OC(C)=O)[C@H](OC(C)=O)[C@@H]1OC(C)=O. The second-order valence-corrected chi connectivity index (χ2v) is 8.38. The minimum absolute atomic E-state index is 0.0984. The number of ether oxygens (including phenoxy) is 6. The van der Waals surface area contributed by atoms with Crippen LogP contribution >= 0.6 is 0 Å². The molecule has 10 heteroatoms. The number of aryl methyl sites for hydroxylation is 1. The largest absolute Gasteiger partial charge is 0.463 e. The van der Waals surface area contributed by atoms with Crippen molar-refractivity contribution < 1.29 is 47.6 Å². The Bertz CT molecular complexity index is 909. The third-order valence-electron chi connectivity index (χ3n) is 4.98. The maximum absolute atomic E-state index is 11.9. The van der Waals surface area contributed by atoms with Crippen LogP contribution in [0.1, 0.15) is 58.6 Å². The van der Waals surface area contributed by atoms with E-state index in [2.05, 4.69) is 0 Å². The van der Waals surface area contributed by atoms with Gasteiger partial charge in [0.1, 0.15) is 18.5 Å². The van der Waals surface area contributed by atoms with Gasteiger partial charge in [0, 0.05) is 27.7 Å². The molecule has 1 heterocycles. The molecule has 0 unspecified atom stereocenters. The van der Waals surface area contributed by atoms with Crippen molar-refractivity contribution in [3.05, 3.63) is 29.3 Å². The van der Waals surface area contributed by atoms with E-state index in [1.54, 1.807) is 0 Å². The van der Waals surface area contributed by atoms with Gasteiger partial charge in [-0.3, -0.25) is 19.2 Å². The summed E-state index contributed by atoms with van der Waals surface area (Å²) >= 11 is 0. The van der Waals surface area contributed by atoms with Crippen LogP contribution in [0, 0.1) is 6.92 Å². The number of carbonyl (C=O) groups excluding carboxylic acids is 4. The molecule has 1 aliphatic rings. The van der Waals surface area contributed by atoms with Gasteiger partial charge in [0.2, 0.25) is 12.4 Å². The van der Waals surface area contributed by atoms with Gasteiger partial charge < -0.3 is 28.4 Å². The Hall–Kier alpha value is -3.14. The molecule has 0 radical (unpaired) electrons. The summed E-state index contributed by atoms with van der Waals surface area (Å²) in [6, 6.07) is 5.67. The standard InChI is InChI=1S/C24H32O10/c1-12(2)18-9-8-13(3)10-19(18)33-24-23(32-17(7)28)22(31-16(6)27)21(30-15(5)26)20(34-24)11-29-14(4)25/h8-10,12,20-24H,11H2,1-7H3/t20-,21+,22+,23+,24+/m0/s1. The fourth-order valence-corrected chi connectivity index (χ4v) is 3.63. The van der Waals surface area contributed by atoms with E-state index in [-0.39, 0.29) is 12.5 Å². The molecule has 1 fully saturated rings. The average molecular weight is 481 g/mol. The van der Waals surface area contributed by atoms with Crippen molar-refractivity contribution in [2.24, 2.45) is 0 Å². The summed E-state index contributed by atoms with van der Waals surface area (Å²) in [6.07, 6.45) is -6.12. The summed E-state index contributed by atoms with van der Waals surface area (Å²) in [6.45, 7) is 10.3. The molecule has 0 saturated carbocycles. The van der Waals surface area contributed by atoms with E-state index in [9.17, 15) is 19.2 Å². The molecule has 5 atom stereocenters. The molecule has 1 aromatic rings. The van der Waals surface area contributed by atoms with E-state index in [0.29, 0.717) is 5.75 Å². The second kappa shape index (κ2) is 11.8. The molecule has 10 nitrogen and oxygen atoms in total. The van der Waals surface area contributed by atoms with Crippen molar-refractivity contribution in [3.63, 3.8) is 0 Å². The Morgan fingerprint density at radius 2 is 1.41 bits per heavy atom. The molecular weight excluding hydrogens is 448 g/mol. The molecule has 0 spiro atoms. The lowest BCUT2D eigenvalue weighted by Gasteiger charge is -2.44. The van der Waals surface area contributed by atoms with Crippen LogP contribution in [-0.2, 0) is 42.9 Å². The van der Waals surface area contributed by atoms with Crippen LogP contribution < -0.4 is 4.74 Å². The Kier molecular flexibility index (Phi) is 9.43. The van der Waals surface area contributed by atoms with Gasteiger partial charge in [0.15, 0.2) is 12.2 Å². The van der Waals surface area contributed by atoms with Gasteiger partial charge in [-0.25, -0.2) is 0 Å². The maximum atomic E-state index is 11.9. The van der Waals surface area contributed by atoms with E-state index in [4.69, 9.17) is 28.4 Å². The first-order chi connectivity index (χ1) is 15.9. The highest BCUT2D eigenvalue weighted by Crippen LogP contribution is 2.34. The van der Waals surface area contributed by atoms with Crippen molar-refractivity contribution in [1.82, 2.24) is 0 Å². The van der Waals surface area contributed by atoms with Crippen molar-refractivity contribution in [3.8, 4) is 5.75 Å². The van der Waals surface area contributed by atoms with Crippen LogP contribution in [0.4, 0.5) is 0 Å². The van der Waals surface area contributed by atoms with Crippen molar-refractivity contribution in [1.29, 1.82) is 0 Å². The topological polar surface area (TPSA) is 124 Å². The van der Waals surface area contributed by atoms with E-state index in [1.165, 1.54) is 27.7 Å². The quantitative estimate of drug-likeness (QED) is 0.405. The van der Waals surface area contributed by atoms with Crippen LogP contribution in [0.3, 0.4) is 0 Å². The summed E-state index contributed by atoms with van der Waals surface area (Å²) in [5.41, 5.74) is 1.79. The summed E-state index contributed by atoms with van der Waals surface area (Å²) in [5.74, 6) is -2.09. The Morgan fingerprint density at radius 3 is 1.94 bits per heavy atom. The van der Waals surface area contributed by atoms with Crippen LogP contribution in [0.2, 0.25) is 0 Å². The van der Waals surface area contributed by atoms with Crippen LogP contribution in [0.25, 0.3) is 0 Å². The molecular formula is C24H32O10. The third-order valence-corrected chi connectivity index (χ3v) is 4.98. The summed E-state index contributed by atoms with van der Waals surface area (Å²) < 4.78 is 33.5. The predicted molar refractivity (Wildman–Crippen MR) is 118 cm³/mol. The number of esters is 4. The molecule has 0 bridgehead atoms. The lowest BCUT2D eigenvalue weighted by molar-refractivity contribution is -0.288. The molecule has 0 amide bonds. The highest BCUT2D eigenvalue weighted by molar-refractivity contribution is 5.68. The molecule has 2 rings (SSSR count). The van der Waals surface area contributed by atoms with Gasteiger partial charge in [-0.1, -0.05) is 26.0 Å². The number of benzene rings is 1. The first-order valence-corrected chi connectivity index (χ1v) is 11.0. The van der Waals surface area contributed by atoms with E-state index < -0.39 is 54.6 Å². The smallest absolute Gasteiger partial charge is 0.303 e. The van der Waals surface area contributed by atoms with Crippen molar-refractivity contribution in [2.45, 2.75) is 85.1 Å². The number of hydrogen-bond acceptors (Lipinski definition) is 10. The normalized spacial score (nSPS) is 24.2. The Balaban J connectivity index is 2.54. The molecule has 1 saturated heterocycles. The van der Waals surface area contributed by atoms with Gasteiger partial charge >= 0.3 is 23.9 Å². The van der Waals surface area contributed by atoms with Gasteiger partial charge in [-0.15, -0.1) is 0 Å².